The number of carbonyl (C=O) groups excluding carboxylic acids is 2. The Hall–Kier alpha value is -3.90. The number of nitrogens with one attached hydrogen (secondary N) is 3. The Morgan fingerprint density at radius 3 is 2.12 bits per heavy atom. The first-order chi connectivity index (χ1) is 15.3. The van der Waals surface area contributed by atoms with E-state index in [0.717, 1.165) is 5.56 Å². The van der Waals surface area contributed by atoms with Crippen molar-refractivity contribution in [2.24, 2.45) is 0 Å². The van der Waals surface area contributed by atoms with Crippen molar-refractivity contribution in [3.8, 4) is 0 Å². The predicted octanol–water partition coefficient (Wildman–Crippen LogP) is 5.37. The molecule has 0 atom stereocenters. The maximum atomic E-state index is 12.9. The number of anilines is 2. The fourth-order valence-corrected chi connectivity index (χ4v) is 3.12. The zero-order valence-electron chi connectivity index (χ0n) is 17.8. The lowest BCUT2D eigenvalue weighted by molar-refractivity contribution is 0.102. The lowest BCUT2D eigenvalue weighted by Crippen LogP contribution is -2.22. The van der Waals surface area contributed by atoms with E-state index in [-0.39, 0.29) is 11.5 Å². The number of nitrogens with zero attached hydrogens (tertiary/aromatic N) is 1. The van der Waals surface area contributed by atoms with Gasteiger partial charge in [-0.05, 0) is 48.0 Å². The third-order valence-corrected chi connectivity index (χ3v) is 4.98. The van der Waals surface area contributed by atoms with Gasteiger partial charge in [0.15, 0.2) is 0 Å². The molecular weight excluding hydrogens is 424 g/mol. The molecule has 3 aromatic rings. The molecule has 0 aliphatic heterocycles. The van der Waals surface area contributed by atoms with Crippen LogP contribution >= 0.6 is 11.6 Å². The van der Waals surface area contributed by atoms with Crippen LogP contribution in [0.5, 0.6) is 0 Å². The third kappa shape index (κ3) is 5.42. The van der Waals surface area contributed by atoms with E-state index in [0.29, 0.717) is 33.4 Å². The fraction of sp³-hybridized carbons (Fsp3) is 0.0800. The minimum absolute atomic E-state index is 0.240. The van der Waals surface area contributed by atoms with Crippen LogP contribution in [-0.4, -0.2) is 36.6 Å². The van der Waals surface area contributed by atoms with Crippen LogP contribution in [0.4, 0.5) is 11.4 Å². The molecule has 0 aromatic heterocycles. The highest BCUT2D eigenvalue weighted by molar-refractivity contribution is 6.31. The summed E-state index contributed by atoms with van der Waals surface area (Å²) in [4.78, 5) is 27.3. The van der Waals surface area contributed by atoms with Crippen LogP contribution in [-0.2, 0) is 0 Å². The van der Waals surface area contributed by atoms with E-state index in [9.17, 15) is 9.59 Å². The second kappa shape index (κ2) is 9.94. The summed E-state index contributed by atoms with van der Waals surface area (Å²) in [5, 5.41) is 14.0. The Bertz CT molecular complexity index is 1170. The SMILES string of the molecule is C=Cc1ccc(NC(=O)c2cc(Cl)ccc2NC(=O)c2ccc(C(=N)N(C)C)cc2)cc1. The smallest absolute Gasteiger partial charge is 0.257 e. The first-order valence-electron chi connectivity index (χ1n) is 9.79. The van der Waals surface area contributed by atoms with Crippen molar-refractivity contribution in [1.29, 1.82) is 5.41 Å². The Morgan fingerprint density at radius 2 is 1.53 bits per heavy atom. The van der Waals surface area contributed by atoms with E-state index < -0.39 is 5.91 Å². The highest BCUT2D eigenvalue weighted by Crippen LogP contribution is 2.23. The molecule has 0 unspecified atom stereocenters. The quantitative estimate of drug-likeness (QED) is 0.351. The van der Waals surface area contributed by atoms with E-state index in [1.807, 2.05) is 12.1 Å². The summed E-state index contributed by atoms with van der Waals surface area (Å²) in [6.45, 7) is 3.71. The van der Waals surface area contributed by atoms with Gasteiger partial charge in [-0.3, -0.25) is 15.0 Å². The van der Waals surface area contributed by atoms with Crippen molar-refractivity contribution in [2.75, 3.05) is 24.7 Å². The second-order valence-corrected chi connectivity index (χ2v) is 7.68. The van der Waals surface area contributed by atoms with E-state index in [2.05, 4.69) is 17.2 Å². The number of carbonyl (C=O) groups is 2. The minimum atomic E-state index is -0.399. The van der Waals surface area contributed by atoms with E-state index >= 15 is 0 Å². The normalized spacial score (nSPS) is 10.2. The average molecular weight is 447 g/mol. The van der Waals surface area contributed by atoms with Gasteiger partial charge in [-0.2, -0.15) is 0 Å². The average Bonchev–Trinajstić information content (AvgIpc) is 2.80. The van der Waals surface area contributed by atoms with Gasteiger partial charge in [0.05, 0.1) is 11.3 Å². The first-order valence-corrected chi connectivity index (χ1v) is 10.2. The maximum absolute atomic E-state index is 12.9. The van der Waals surface area contributed by atoms with Gasteiger partial charge in [0.1, 0.15) is 5.84 Å². The summed E-state index contributed by atoms with van der Waals surface area (Å²) in [5.74, 6) is -0.432. The van der Waals surface area contributed by atoms with Crippen molar-refractivity contribution in [2.45, 2.75) is 0 Å². The molecule has 6 nitrogen and oxygen atoms in total. The number of rotatable bonds is 6. The second-order valence-electron chi connectivity index (χ2n) is 7.24. The van der Waals surface area contributed by atoms with Crippen molar-refractivity contribution in [1.82, 2.24) is 4.90 Å². The lowest BCUT2D eigenvalue weighted by Gasteiger charge is -2.14. The van der Waals surface area contributed by atoms with Crippen LogP contribution in [0.25, 0.3) is 6.08 Å². The minimum Gasteiger partial charge on any atom is -0.363 e. The van der Waals surface area contributed by atoms with Crippen LogP contribution in [0.15, 0.2) is 73.3 Å². The number of hydrogen-bond donors (Lipinski definition) is 3. The third-order valence-electron chi connectivity index (χ3n) is 4.75. The largest absolute Gasteiger partial charge is 0.363 e. The molecule has 0 aliphatic rings. The van der Waals surface area contributed by atoms with Gasteiger partial charge < -0.3 is 15.5 Å². The van der Waals surface area contributed by atoms with Gasteiger partial charge in [-0.15, -0.1) is 0 Å². The van der Waals surface area contributed by atoms with Gasteiger partial charge in [-0.25, -0.2) is 0 Å². The molecule has 3 N–H and O–H groups in total. The predicted molar refractivity (Wildman–Crippen MR) is 131 cm³/mol. The van der Waals surface area contributed by atoms with E-state index in [1.54, 1.807) is 73.6 Å². The Kier molecular flexibility index (Phi) is 7.07. The fourth-order valence-electron chi connectivity index (χ4n) is 2.95. The number of amidine groups is 1. The molecule has 3 rings (SSSR count). The molecule has 0 radical (unpaired) electrons. The van der Waals surface area contributed by atoms with Gasteiger partial charge in [0, 0.05) is 35.9 Å². The molecule has 0 bridgehead atoms. The summed E-state index contributed by atoms with van der Waals surface area (Å²) in [6, 6.07) is 18.6. The number of benzene rings is 3. The van der Waals surface area contributed by atoms with Gasteiger partial charge in [-0.1, -0.05) is 48.5 Å². The molecule has 0 aliphatic carbocycles. The Balaban J connectivity index is 1.79. The van der Waals surface area contributed by atoms with Crippen molar-refractivity contribution in [3.63, 3.8) is 0 Å². The molecular formula is C25H23ClN4O2. The zero-order valence-corrected chi connectivity index (χ0v) is 18.5. The lowest BCUT2D eigenvalue weighted by atomic mass is 10.1. The molecule has 7 heteroatoms. The van der Waals surface area contributed by atoms with Crippen molar-refractivity contribution >= 4 is 46.7 Å². The van der Waals surface area contributed by atoms with Crippen molar-refractivity contribution in [3.05, 3.63) is 101 Å². The molecule has 0 saturated heterocycles. The highest BCUT2D eigenvalue weighted by Gasteiger charge is 2.16. The molecule has 32 heavy (non-hydrogen) atoms. The summed E-state index contributed by atoms with van der Waals surface area (Å²) in [5.41, 5.74) is 3.22. The van der Waals surface area contributed by atoms with E-state index in [1.165, 1.54) is 6.07 Å². The van der Waals surface area contributed by atoms with Gasteiger partial charge in [0.25, 0.3) is 11.8 Å². The Labute approximate surface area is 192 Å². The number of amides is 2. The summed E-state index contributed by atoms with van der Waals surface area (Å²) in [6.07, 6.45) is 1.71. The summed E-state index contributed by atoms with van der Waals surface area (Å²) < 4.78 is 0. The van der Waals surface area contributed by atoms with E-state index in [4.69, 9.17) is 17.0 Å². The summed E-state index contributed by atoms with van der Waals surface area (Å²) >= 11 is 6.10. The Morgan fingerprint density at radius 1 is 0.906 bits per heavy atom. The highest BCUT2D eigenvalue weighted by atomic mass is 35.5. The molecule has 0 spiro atoms. The molecule has 0 saturated carbocycles. The molecule has 3 aromatic carbocycles. The van der Waals surface area contributed by atoms with Crippen LogP contribution in [0.3, 0.4) is 0 Å². The standard InChI is InChI=1S/C25H23ClN4O2/c1-4-16-5-12-20(13-6-16)28-25(32)21-15-19(26)11-14-22(21)29-24(31)18-9-7-17(8-10-18)23(27)30(2)3/h4-15,27H,1H2,2-3H3,(H,28,32)(H,29,31). The number of hydrogen-bond acceptors (Lipinski definition) is 3. The maximum Gasteiger partial charge on any atom is 0.257 e. The van der Waals surface area contributed by atoms with Crippen molar-refractivity contribution < 1.29 is 9.59 Å². The van der Waals surface area contributed by atoms with Gasteiger partial charge >= 0.3 is 0 Å². The number of halogens is 1. The molecule has 0 heterocycles. The monoisotopic (exact) mass is 446 g/mol. The van der Waals surface area contributed by atoms with Crippen LogP contribution in [0, 0.1) is 5.41 Å². The molecule has 162 valence electrons. The molecule has 2 amide bonds. The zero-order chi connectivity index (χ0) is 23.3. The van der Waals surface area contributed by atoms with Crippen LogP contribution < -0.4 is 10.6 Å². The molecule has 0 fully saturated rings. The van der Waals surface area contributed by atoms with Crippen LogP contribution in [0.2, 0.25) is 5.02 Å². The van der Waals surface area contributed by atoms with Gasteiger partial charge in [0.2, 0.25) is 0 Å². The van der Waals surface area contributed by atoms with Crippen LogP contribution in [0.1, 0.15) is 31.8 Å². The first kappa shape index (κ1) is 22.8. The topological polar surface area (TPSA) is 85.3 Å². The summed E-state index contributed by atoms with van der Waals surface area (Å²) in [7, 11) is 3.56.